The van der Waals surface area contributed by atoms with Crippen LogP contribution >= 0.6 is 31.9 Å². The van der Waals surface area contributed by atoms with E-state index in [-0.39, 0.29) is 5.04 Å². The van der Waals surface area contributed by atoms with Crippen LogP contribution in [0.25, 0.3) is 0 Å². The molecule has 0 atom stereocenters. The van der Waals surface area contributed by atoms with Gasteiger partial charge in [-0.3, -0.25) is 0 Å². The van der Waals surface area contributed by atoms with E-state index in [1.165, 1.54) is 10.4 Å². The van der Waals surface area contributed by atoms with Gasteiger partial charge < -0.3 is 4.43 Å². The number of benzene rings is 2. The fourth-order valence-electron chi connectivity index (χ4n) is 5.90. The van der Waals surface area contributed by atoms with Gasteiger partial charge in [0.1, 0.15) is 8.07 Å². The molecule has 2 aromatic rings. The third-order valence-electron chi connectivity index (χ3n) is 7.63. The van der Waals surface area contributed by atoms with Gasteiger partial charge in [0.15, 0.2) is 0 Å². The van der Waals surface area contributed by atoms with E-state index in [0.29, 0.717) is 29.7 Å². The zero-order valence-corrected chi connectivity index (χ0v) is 29.8. The highest BCUT2D eigenvalue weighted by Crippen LogP contribution is 2.41. The molecule has 5 heteroatoms. The third kappa shape index (κ3) is 7.44. The zero-order valence-electron chi connectivity index (χ0n) is 24.6. The Morgan fingerprint density at radius 3 is 1.58 bits per heavy atom. The molecule has 1 nitrogen and oxygen atoms in total. The molecule has 0 saturated carbocycles. The first kappa shape index (κ1) is 32.9. The Balaban J connectivity index is 2.37. The minimum absolute atomic E-state index is 0.0446. The molecule has 0 spiro atoms. The second kappa shape index (κ2) is 14.3. The van der Waals surface area contributed by atoms with Crippen molar-refractivity contribution in [2.75, 3.05) is 6.61 Å². The maximum absolute atomic E-state index is 6.98. The molecule has 0 radical (unpaired) electrons. The molecule has 2 aromatic carbocycles. The van der Waals surface area contributed by atoms with Gasteiger partial charge in [-0.15, -0.1) is 5.54 Å². The molecule has 0 N–H and O–H groups in total. The molecular weight excluding hydrogens is 628 g/mol. The lowest BCUT2D eigenvalue weighted by Crippen LogP contribution is -2.66. The first-order valence-electron chi connectivity index (χ1n) is 13.6. The molecule has 0 aliphatic carbocycles. The summed E-state index contributed by atoms with van der Waals surface area (Å²) in [6.45, 7) is 21.5. The molecule has 0 heterocycles. The normalized spacial score (nSPS) is 12.2. The fraction of sp³-hybridized carbons (Fsp3) is 0.455. The Morgan fingerprint density at radius 1 is 0.763 bits per heavy atom. The van der Waals surface area contributed by atoms with Crippen LogP contribution in [0.2, 0.25) is 21.7 Å². The van der Waals surface area contributed by atoms with Crippen LogP contribution in [0.1, 0.15) is 68.7 Å². The lowest BCUT2D eigenvalue weighted by Gasteiger charge is -2.43. The molecule has 0 bridgehead atoms. The lowest BCUT2D eigenvalue weighted by atomic mass is 10.2. The Bertz CT molecular complexity index is 1120. The van der Waals surface area contributed by atoms with Crippen LogP contribution in [0.5, 0.6) is 0 Å². The largest absolute Gasteiger partial charge is 0.406 e. The van der Waals surface area contributed by atoms with Crippen LogP contribution in [-0.4, -0.2) is 23.0 Å². The number of allylic oxidation sites excluding steroid dienone is 1. The molecule has 2 rings (SSSR count). The minimum atomic E-state index is -2.55. The zero-order chi connectivity index (χ0) is 28.6. The van der Waals surface area contributed by atoms with Crippen molar-refractivity contribution >= 4 is 58.6 Å². The van der Waals surface area contributed by atoms with Crippen LogP contribution in [0.3, 0.4) is 0 Å². The number of rotatable bonds is 8. The SMILES string of the molecule is CC(C)[Si](C#CC(C#CCCO[Si](c1ccccc1)(c1ccccc1)C(C)(C)C)=C(Br)Br)(C(C)C)C(C)C. The molecule has 0 unspecified atom stereocenters. The Labute approximate surface area is 251 Å². The van der Waals surface area contributed by atoms with Gasteiger partial charge in [0, 0.05) is 13.0 Å². The lowest BCUT2D eigenvalue weighted by molar-refractivity contribution is 0.306. The monoisotopic (exact) mass is 670 g/mol. The van der Waals surface area contributed by atoms with Gasteiger partial charge in [0.05, 0.1) is 8.96 Å². The van der Waals surface area contributed by atoms with Crippen molar-refractivity contribution in [3.63, 3.8) is 0 Å². The van der Waals surface area contributed by atoms with Crippen LogP contribution in [-0.2, 0) is 4.43 Å². The van der Waals surface area contributed by atoms with Crippen LogP contribution in [0.15, 0.2) is 69.6 Å². The maximum Gasteiger partial charge on any atom is 0.261 e. The van der Waals surface area contributed by atoms with E-state index < -0.39 is 16.4 Å². The van der Waals surface area contributed by atoms with Crippen molar-refractivity contribution in [1.29, 1.82) is 0 Å². The van der Waals surface area contributed by atoms with Gasteiger partial charge in [-0.25, -0.2) is 0 Å². The van der Waals surface area contributed by atoms with Crippen LogP contribution in [0.4, 0.5) is 0 Å². The summed E-state index contributed by atoms with van der Waals surface area (Å²) < 4.78 is 7.80. The predicted octanol–water partition coefficient (Wildman–Crippen LogP) is 9.18. The van der Waals surface area contributed by atoms with Crippen LogP contribution < -0.4 is 10.4 Å². The van der Waals surface area contributed by atoms with E-state index in [9.17, 15) is 0 Å². The standard InChI is InChI=1S/C33H44Br2OSi2/c1-26(2)37(27(3)4,28(5)6)25-23-29(32(34)35)18-16-17-24-36-38(33(7,8)9,30-19-12-10-13-20-30)31-21-14-11-15-22-31/h10-15,19-22,26-28H,17,24H2,1-9H3. The van der Waals surface area contributed by atoms with Gasteiger partial charge in [0.2, 0.25) is 0 Å². The van der Waals surface area contributed by atoms with E-state index in [1.807, 2.05) is 0 Å². The predicted molar refractivity (Wildman–Crippen MR) is 180 cm³/mol. The molecule has 0 aromatic heterocycles. The van der Waals surface area contributed by atoms with E-state index in [2.05, 4.69) is 178 Å². The Morgan fingerprint density at radius 2 is 1.21 bits per heavy atom. The second-order valence-electron chi connectivity index (χ2n) is 11.8. The summed E-state index contributed by atoms with van der Waals surface area (Å²) in [5.74, 6) is 10.2. The van der Waals surface area contributed by atoms with Crippen molar-refractivity contribution in [2.45, 2.75) is 90.4 Å². The van der Waals surface area contributed by atoms with Crippen molar-refractivity contribution in [3.05, 3.63) is 69.6 Å². The van der Waals surface area contributed by atoms with Gasteiger partial charge >= 0.3 is 0 Å². The fourth-order valence-corrected chi connectivity index (χ4v) is 16.1. The summed E-state index contributed by atoms with van der Waals surface area (Å²) >= 11 is 7.18. The van der Waals surface area contributed by atoms with Crippen molar-refractivity contribution < 1.29 is 4.43 Å². The Hall–Kier alpha value is -1.35. The summed E-state index contributed by atoms with van der Waals surface area (Å²) in [5, 5.41) is 2.54. The molecule has 0 aliphatic heterocycles. The van der Waals surface area contributed by atoms with Gasteiger partial charge in [-0.1, -0.05) is 141 Å². The second-order valence-corrected chi connectivity index (χ2v) is 24.4. The van der Waals surface area contributed by atoms with Crippen LogP contribution in [0, 0.1) is 23.3 Å². The third-order valence-corrected chi connectivity index (χ3v) is 19.8. The summed E-state index contributed by atoms with van der Waals surface area (Å²) in [6.07, 6.45) is 0.643. The highest BCUT2D eigenvalue weighted by Gasteiger charge is 2.50. The van der Waals surface area contributed by atoms with Crippen molar-refractivity contribution in [2.24, 2.45) is 0 Å². The summed E-state index contributed by atoms with van der Waals surface area (Å²) in [5.41, 5.74) is 6.34. The first-order valence-corrected chi connectivity index (χ1v) is 19.4. The molecule has 0 aliphatic rings. The Kier molecular flexibility index (Phi) is 12.4. The molecular formula is C33H44Br2OSi2. The van der Waals surface area contributed by atoms with Crippen molar-refractivity contribution in [1.82, 2.24) is 0 Å². The van der Waals surface area contributed by atoms with E-state index >= 15 is 0 Å². The average Bonchev–Trinajstić information content (AvgIpc) is 2.84. The highest BCUT2D eigenvalue weighted by molar-refractivity contribution is 9.28. The van der Waals surface area contributed by atoms with E-state index in [0.717, 1.165) is 8.96 Å². The van der Waals surface area contributed by atoms with Gasteiger partial charge in [-0.05, 0) is 63.9 Å². The van der Waals surface area contributed by atoms with Gasteiger partial charge in [-0.2, -0.15) is 0 Å². The van der Waals surface area contributed by atoms with Gasteiger partial charge in [0.25, 0.3) is 8.32 Å². The minimum Gasteiger partial charge on any atom is -0.406 e. The average molecular weight is 673 g/mol. The summed E-state index contributed by atoms with van der Waals surface area (Å²) in [7, 11) is -4.38. The summed E-state index contributed by atoms with van der Waals surface area (Å²) in [6, 6.07) is 21.5. The molecule has 38 heavy (non-hydrogen) atoms. The maximum atomic E-state index is 6.98. The smallest absolute Gasteiger partial charge is 0.261 e. The molecule has 0 saturated heterocycles. The van der Waals surface area contributed by atoms with E-state index in [4.69, 9.17) is 4.43 Å². The quantitative estimate of drug-likeness (QED) is 0.154. The highest BCUT2D eigenvalue weighted by atomic mass is 79.9. The van der Waals surface area contributed by atoms with E-state index in [1.54, 1.807) is 0 Å². The van der Waals surface area contributed by atoms with Crippen molar-refractivity contribution in [3.8, 4) is 23.3 Å². The summed E-state index contributed by atoms with van der Waals surface area (Å²) in [4.78, 5) is 0. The number of hydrogen-bond donors (Lipinski definition) is 0. The number of halogens is 2. The molecule has 204 valence electrons. The molecule has 0 fully saturated rings. The first-order chi connectivity index (χ1) is 17.8. The number of hydrogen-bond acceptors (Lipinski definition) is 1. The molecule has 0 amide bonds. The topological polar surface area (TPSA) is 9.23 Å².